The first-order chi connectivity index (χ1) is 8.77. The monoisotopic (exact) mass is 254 g/mol. The number of aliphatic hydroxyl groups is 1. The molecule has 2 aliphatic carbocycles. The smallest absolute Gasteiger partial charge is 0.0936 e. The van der Waals surface area contributed by atoms with Gasteiger partial charge in [-0.3, -0.25) is 0 Å². The van der Waals surface area contributed by atoms with Crippen molar-refractivity contribution in [2.24, 2.45) is 5.92 Å². The Labute approximate surface area is 112 Å². The maximum absolute atomic E-state index is 10.6. The molecule has 2 aliphatic rings. The second-order valence-corrected chi connectivity index (χ2v) is 6.43. The highest BCUT2D eigenvalue weighted by molar-refractivity contribution is 4.90. The highest BCUT2D eigenvalue weighted by Crippen LogP contribution is 2.36. The zero-order valence-corrected chi connectivity index (χ0v) is 12.0. The van der Waals surface area contributed by atoms with Gasteiger partial charge in [0.05, 0.1) is 11.7 Å². The SMILES string of the molecule is COC1(C(O)CCC2CCCC2)CCCCCC1. The minimum absolute atomic E-state index is 0.227. The van der Waals surface area contributed by atoms with Gasteiger partial charge in [-0.05, 0) is 31.6 Å². The predicted molar refractivity (Wildman–Crippen MR) is 74.6 cm³/mol. The summed E-state index contributed by atoms with van der Waals surface area (Å²) in [6.07, 6.45) is 14.6. The van der Waals surface area contributed by atoms with Gasteiger partial charge >= 0.3 is 0 Å². The first kappa shape index (κ1) is 14.3. The molecule has 0 aliphatic heterocycles. The van der Waals surface area contributed by atoms with Crippen molar-refractivity contribution in [3.63, 3.8) is 0 Å². The summed E-state index contributed by atoms with van der Waals surface area (Å²) in [4.78, 5) is 0. The van der Waals surface area contributed by atoms with E-state index in [2.05, 4.69) is 0 Å². The predicted octanol–water partition coefficient (Wildman–Crippen LogP) is 4.06. The molecule has 1 N–H and O–H groups in total. The maximum Gasteiger partial charge on any atom is 0.0936 e. The number of methoxy groups -OCH3 is 1. The largest absolute Gasteiger partial charge is 0.390 e. The van der Waals surface area contributed by atoms with E-state index in [1.807, 2.05) is 0 Å². The van der Waals surface area contributed by atoms with Gasteiger partial charge in [-0.1, -0.05) is 51.4 Å². The zero-order chi connectivity index (χ0) is 12.8. The lowest BCUT2D eigenvalue weighted by molar-refractivity contribution is -0.115. The van der Waals surface area contributed by atoms with E-state index in [4.69, 9.17) is 4.74 Å². The third-order valence-corrected chi connectivity index (χ3v) is 5.29. The van der Waals surface area contributed by atoms with E-state index in [1.165, 1.54) is 57.8 Å². The molecule has 2 nitrogen and oxygen atoms in total. The molecule has 0 aromatic carbocycles. The van der Waals surface area contributed by atoms with Crippen LogP contribution in [0.15, 0.2) is 0 Å². The molecule has 0 amide bonds. The first-order valence-electron chi connectivity index (χ1n) is 8.00. The van der Waals surface area contributed by atoms with E-state index in [1.54, 1.807) is 7.11 Å². The first-order valence-corrected chi connectivity index (χ1v) is 8.00. The third-order valence-electron chi connectivity index (χ3n) is 5.29. The molecule has 1 atom stereocenters. The Morgan fingerprint density at radius 2 is 1.67 bits per heavy atom. The summed E-state index contributed by atoms with van der Waals surface area (Å²) < 4.78 is 5.79. The summed E-state index contributed by atoms with van der Waals surface area (Å²) in [6.45, 7) is 0. The lowest BCUT2D eigenvalue weighted by Gasteiger charge is -2.36. The van der Waals surface area contributed by atoms with Crippen LogP contribution in [0.4, 0.5) is 0 Å². The van der Waals surface area contributed by atoms with Gasteiger partial charge in [0.2, 0.25) is 0 Å². The molecular weight excluding hydrogens is 224 g/mol. The number of aliphatic hydroxyl groups excluding tert-OH is 1. The summed E-state index contributed by atoms with van der Waals surface area (Å²) in [5, 5.41) is 10.6. The van der Waals surface area contributed by atoms with Crippen molar-refractivity contribution < 1.29 is 9.84 Å². The van der Waals surface area contributed by atoms with Crippen molar-refractivity contribution in [1.29, 1.82) is 0 Å². The van der Waals surface area contributed by atoms with Crippen molar-refractivity contribution in [3.05, 3.63) is 0 Å². The molecule has 2 saturated carbocycles. The van der Waals surface area contributed by atoms with Gasteiger partial charge in [0.25, 0.3) is 0 Å². The Bertz CT molecular complexity index is 225. The minimum Gasteiger partial charge on any atom is -0.390 e. The third kappa shape index (κ3) is 3.48. The Morgan fingerprint density at radius 1 is 1.06 bits per heavy atom. The Kier molecular flexibility index (Phi) is 5.50. The Hall–Kier alpha value is -0.0800. The second kappa shape index (κ2) is 6.91. The molecule has 0 spiro atoms. The van der Waals surface area contributed by atoms with Crippen LogP contribution in [0.5, 0.6) is 0 Å². The second-order valence-electron chi connectivity index (χ2n) is 6.43. The molecule has 2 heteroatoms. The number of hydrogen-bond donors (Lipinski definition) is 1. The molecule has 0 radical (unpaired) electrons. The molecule has 0 aromatic heterocycles. The average Bonchev–Trinajstić information content (AvgIpc) is 2.79. The Balaban J connectivity index is 1.84. The van der Waals surface area contributed by atoms with Crippen LogP contribution < -0.4 is 0 Å². The number of hydrogen-bond acceptors (Lipinski definition) is 2. The van der Waals surface area contributed by atoms with Gasteiger partial charge in [-0.2, -0.15) is 0 Å². The summed E-state index contributed by atoms with van der Waals surface area (Å²) in [7, 11) is 1.80. The number of ether oxygens (including phenoxy) is 1. The summed E-state index contributed by atoms with van der Waals surface area (Å²) in [5.74, 6) is 0.874. The molecule has 18 heavy (non-hydrogen) atoms. The summed E-state index contributed by atoms with van der Waals surface area (Å²) in [5.41, 5.74) is -0.227. The molecule has 106 valence electrons. The molecule has 0 aromatic rings. The molecule has 0 saturated heterocycles. The van der Waals surface area contributed by atoms with E-state index in [0.717, 1.165) is 25.2 Å². The van der Waals surface area contributed by atoms with Gasteiger partial charge in [0.1, 0.15) is 0 Å². The standard InChI is InChI=1S/C16H30O2/c1-18-16(12-6-2-3-7-13-16)15(17)11-10-14-8-4-5-9-14/h14-15,17H,2-13H2,1H3. The fraction of sp³-hybridized carbons (Fsp3) is 1.00. The van der Waals surface area contributed by atoms with Crippen LogP contribution >= 0.6 is 0 Å². The summed E-state index contributed by atoms with van der Waals surface area (Å²) >= 11 is 0. The van der Waals surface area contributed by atoms with Crippen LogP contribution in [0.2, 0.25) is 0 Å². The van der Waals surface area contributed by atoms with Crippen LogP contribution in [-0.2, 0) is 4.74 Å². The lowest BCUT2D eigenvalue weighted by Crippen LogP contribution is -2.44. The van der Waals surface area contributed by atoms with Gasteiger partial charge in [-0.25, -0.2) is 0 Å². The fourth-order valence-corrected chi connectivity index (χ4v) is 3.96. The highest BCUT2D eigenvalue weighted by Gasteiger charge is 2.38. The van der Waals surface area contributed by atoms with E-state index in [0.29, 0.717) is 0 Å². The van der Waals surface area contributed by atoms with Crippen molar-refractivity contribution >= 4 is 0 Å². The van der Waals surface area contributed by atoms with Crippen LogP contribution in [0.3, 0.4) is 0 Å². The topological polar surface area (TPSA) is 29.5 Å². The van der Waals surface area contributed by atoms with E-state index in [-0.39, 0.29) is 11.7 Å². The molecule has 2 rings (SSSR count). The molecule has 0 heterocycles. The van der Waals surface area contributed by atoms with Crippen LogP contribution in [0.1, 0.15) is 77.0 Å². The van der Waals surface area contributed by atoms with Gasteiger partial charge in [0.15, 0.2) is 0 Å². The summed E-state index contributed by atoms with van der Waals surface area (Å²) in [6, 6.07) is 0. The van der Waals surface area contributed by atoms with Gasteiger partial charge in [-0.15, -0.1) is 0 Å². The van der Waals surface area contributed by atoms with Crippen molar-refractivity contribution in [2.75, 3.05) is 7.11 Å². The van der Waals surface area contributed by atoms with Crippen LogP contribution in [0.25, 0.3) is 0 Å². The molecule has 2 fully saturated rings. The average molecular weight is 254 g/mol. The van der Waals surface area contributed by atoms with E-state index >= 15 is 0 Å². The van der Waals surface area contributed by atoms with Crippen molar-refractivity contribution in [3.8, 4) is 0 Å². The molecule has 1 unspecified atom stereocenters. The number of rotatable bonds is 5. The molecule has 0 bridgehead atoms. The van der Waals surface area contributed by atoms with Crippen molar-refractivity contribution in [1.82, 2.24) is 0 Å². The minimum atomic E-state index is -0.249. The van der Waals surface area contributed by atoms with Gasteiger partial charge in [0, 0.05) is 7.11 Å². The highest BCUT2D eigenvalue weighted by atomic mass is 16.5. The van der Waals surface area contributed by atoms with Crippen LogP contribution in [-0.4, -0.2) is 23.9 Å². The normalized spacial score (nSPS) is 27.0. The lowest BCUT2D eigenvalue weighted by atomic mass is 9.84. The Morgan fingerprint density at radius 3 is 2.22 bits per heavy atom. The van der Waals surface area contributed by atoms with Gasteiger partial charge < -0.3 is 9.84 Å². The van der Waals surface area contributed by atoms with E-state index in [9.17, 15) is 5.11 Å². The van der Waals surface area contributed by atoms with Crippen LogP contribution in [0, 0.1) is 5.92 Å². The molecular formula is C16H30O2. The fourth-order valence-electron chi connectivity index (χ4n) is 3.96. The zero-order valence-electron chi connectivity index (χ0n) is 12.0. The maximum atomic E-state index is 10.6. The van der Waals surface area contributed by atoms with E-state index < -0.39 is 0 Å². The quantitative estimate of drug-likeness (QED) is 0.750. The van der Waals surface area contributed by atoms with Crippen molar-refractivity contribution in [2.45, 2.75) is 88.8 Å².